The number of rotatable bonds is 4. The molecule has 4 rings (SSSR count). The number of benzene rings is 1. The Balaban J connectivity index is 0.00000225. The number of nitrogens with one attached hydrogen (secondary N) is 1. The molecule has 148 valence electrons. The Morgan fingerprint density at radius 3 is 2.96 bits per heavy atom. The van der Waals surface area contributed by atoms with Crippen molar-refractivity contribution in [3.8, 4) is 0 Å². The molecule has 3 aromatic rings. The van der Waals surface area contributed by atoms with Gasteiger partial charge in [0.15, 0.2) is 4.80 Å². The molecule has 0 saturated carbocycles. The minimum absolute atomic E-state index is 0. The number of amides is 1. The van der Waals surface area contributed by atoms with E-state index in [0.29, 0.717) is 23.5 Å². The molecule has 1 fully saturated rings. The highest BCUT2D eigenvalue weighted by atomic mass is 35.5. The van der Waals surface area contributed by atoms with Crippen molar-refractivity contribution < 1.29 is 9.18 Å². The molecule has 2 atom stereocenters. The minimum atomic E-state index is -0.259. The molecule has 28 heavy (non-hydrogen) atoms. The van der Waals surface area contributed by atoms with Crippen molar-refractivity contribution >= 4 is 29.7 Å². The lowest BCUT2D eigenvalue weighted by Crippen LogP contribution is -2.24. The van der Waals surface area contributed by atoms with Crippen LogP contribution in [0.3, 0.4) is 0 Å². The van der Waals surface area contributed by atoms with Crippen LogP contribution in [0.15, 0.2) is 53.2 Å². The quantitative estimate of drug-likeness (QED) is 0.703. The number of thiazole rings is 1. The molecule has 2 aromatic heterocycles. The third-order valence-corrected chi connectivity index (χ3v) is 5.64. The number of hydrogen-bond acceptors (Lipinski definition) is 4. The highest BCUT2D eigenvalue weighted by molar-refractivity contribution is 7.07. The van der Waals surface area contributed by atoms with Crippen LogP contribution in [0.4, 0.5) is 4.39 Å². The molecule has 0 bridgehead atoms. The Labute approximate surface area is 172 Å². The van der Waals surface area contributed by atoms with Gasteiger partial charge in [0.05, 0.1) is 18.7 Å². The van der Waals surface area contributed by atoms with Gasteiger partial charge < -0.3 is 9.88 Å². The Hall–Kier alpha value is -2.29. The Morgan fingerprint density at radius 2 is 2.21 bits per heavy atom. The molecular formula is C19H21ClFN5OS. The Morgan fingerprint density at radius 1 is 1.39 bits per heavy atom. The topological polar surface area (TPSA) is 64.2 Å². The summed E-state index contributed by atoms with van der Waals surface area (Å²) in [7, 11) is 1.87. The predicted molar refractivity (Wildman–Crippen MR) is 108 cm³/mol. The lowest BCUT2D eigenvalue weighted by Gasteiger charge is -2.13. The first-order valence-electron chi connectivity index (χ1n) is 8.77. The van der Waals surface area contributed by atoms with E-state index in [1.807, 2.05) is 29.4 Å². The Kier molecular flexibility index (Phi) is 6.43. The molecule has 0 unspecified atom stereocenters. The fourth-order valence-electron chi connectivity index (χ4n) is 3.41. The van der Waals surface area contributed by atoms with Crippen molar-refractivity contribution in [1.82, 2.24) is 19.7 Å². The number of hydrogen-bond donors (Lipinski definition) is 1. The van der Waals surface area contributed by atoms with Crippen molar-refractivity contribution in [3.63, 3.8) is 0 Å². The summed E-state index contributed by atoms with van der Waals surface area (Å²) in [5, 5.41) is 9.35. The van der Waals surface area contributed by atoms with Crippen molar-refractivity contribution in [2.75, 3.05) is 13.1 Å². The first-order valence-corrected chi connectivity index (χ1v) is 9.65. The summed E-state index contributed by atoms with van der Waals surface area (Å²) in [4.78, 5) is 17.8. The van der Waals surface area contributed by atoms with E-state index < -0.39 is 0 Å². The monoisotopic (exact) mass is 421 g/mol. The smallest absolute Gasteiger partial charge is 0.253 e. The van der Waals surface area contributed by atoms with Crippen LogP contribution in [0.2, 0.25) is 0 Å². The molecule has 1 amide bonds. The lowest BCUT2D eigenvalue weighted by atomic mass is 9.90. The summed E-state index contributed by atoms with van der Waals surface area (Å²) in [6.45, 7) is 1.68. The van der Waals surface area contributed by atoms with E-state index in [-0.39, 0.29) is 36.0 Å². The average Bonchev–Trinajstić information content (AvgIpc) is 3.38. The van der Waals surface area contributed by atoms with Crippen molar-refractivity contribution in [2.24, 2.45) is 18.0 Å². The summed E-state index contributed by atoms with van der Waals surface area (Å²) in [6.07, 6.45) is 5.58. The van der Waals surface area contributed by atoms with Crippen LogP contribution >= 0.6 is 23.7 Å². The number of aromatic nitrogens is 3. The SMILES string of the molecule is Cl.Cn1cc([C@H]2CNC[C@@H]2C(=O)N=c2sccn2Cc2ccccc2F)cn1. The highest BCUT2D eigenvalue weighted by Gasteiger charge is 2.34. The molecular weight excluding hydrogens is 401 g/mol. The van der Waals surface area contributed by atoms with E-state index in [1.165, 1.54) is 17.4 Å². The zero-order chi connectivity index (χ0) is 18.8. The van der Waals surface area contributed by atoms with E-state index in [4.69, 9.17) is 0 Å². The normalized spacial score (nSPS) is 19.6. The van der Waals surface area contributed by atoms with Crippen molar-refractivity contribution in [3.05, 3.63) is 70.0 Å². The van der Waals surface area contributed by atoms with Gasteiger partial charge in [-0.1, -0.05) is 18.2 Å². The maximum Gasteiger partial charge on any atom is 0.253 e. The summed E-state index contributed by atoms with van der Waals surface area (Å²) in [5.41, 5.74) is 1.61. The fourth-order valence-corrected chi connectivity index (χ4v) is 4.15. The molecule has 3 heterocycles. The summed E-state index contributed by atoms with van der Waals surface area (Å²) in [6, 6.07) is 6.64. The van der Waals surface area contributed by atoms with Crippen molar-refractivity contribution in [1.29, 1.82) is 0 Å². The maximum atomic E-state index is 13.9. The van der Waals surface area contributed by atoms with Crippen LogP contribution in [0.25, 0.3) is 0 Å². The van der Waals surface area contributed by atoms with Gasteiger partial charge in [-0.2, -0.15) is 10.1 Å². The van der Waals surface area contributed by atoms with E-state index in [9.17, 15) is 9.18 Å². The number of halogens is 2. The van der Waals surface area contributed by atoms with Crippen LogP contribution in [0.1, 0.15) is 17.0 Å². The molecule has 0 radical (unpaired) electrons. The van der Waals surface area contributed by atoms with Crippen LogP contribution in [0, 0.1) is 11.7 Å². The van der Waals surface area contributed by atoms with E-state index in [2.05, 4.69) is 15.4 Å². The molecule has 0 spiro atoms. The molecule has 1 aromatic carbocycles. The number of carbonyl (C=O) groups excluding carboxylic acids is 1. The molecule has 6 nitrogen and oxygen atoms in total. The van der Waals surface area contributed by atoms with E-state index in [1.54, 1.807) is 29.1 Å². The zero-order valence-electron chi connectivity index (χ0n) is 15.3. The molecule has 1 N–H and O–H groups in total. The van der Waals surface area contributed by atoms with E-state index in [0.717, 1.165) is 12.1 Å². The Bertz CT molecular complexity index is 1030. The molecule has 9 heteroatoms. The first kappa shape index (κ1) is 20.4. The van der Waals surface area contributed by atoms with Gasteiger partial charge in [-0.05, 0) is 11.6 Å². The van der Waals surface area contributed by atoms with Gasteiger partial charge in [-0.15, -0.1) is 23.7 Å². The van der Waals surface area contributed by atoms with Crippen molar-refractivity contribution in [2.45, 2.75) is 12.5 Å². The summed E-state index contributed by atoms with van der Waals surface area (Å²) >= 11 is 1.38. The van der Waals surface area contributed by atoms with Crippen LogP contribution in [0.5, 0.6) is 0 Å². The van der Waals surface area contributed by atoms with Crippen LogP contribution < -0.4 is 10.1 Å². The third-order valence-electron chi connectivity index (χ3n) is 4.85. The second-order valence-corrected chi connectivity index (χ2v) is 7.55. The zero-order valence-corrected chi connectivity index (χ0v) is 16.9. The third kappa shape index (κ3) is 4.24. The van der Waals surface area contributed by atoms with Gasteiger partial charge in [0.25, 0.3) is 5.91 Å². The van der Waals surface area contributed by atoms with Gasteiger partial charge >= 0.3 is 0 Å². The number of carbonyl (C=O) groups is 1. The molecule has 1 saturated heterocycles. The van der Waals surface area contributed by atoms with Gasteiger partial charge in [-0.25, -0.2) is 4.39 Å². The standard InChI is InChI=1S/C19H20FN5OS.ClH/c1-24-11-14(8-22-24)15-9-21-10-16(15)18(26)23-19-25(6-7-27-19)12-13-4-2-3-5-17(13)20;/h2-8,11,15-16,21H,9-10,12H2,1H3;1H/t15-,16+;/m1./s1. The fraction of sp³-hybridized carbons (Fsp3) is 0.316. The molecule has 1 aliphatic heterocycles. The number of aryl methyl sites for hydroxylation is 1. The highest BCUT2D eigenvalue weighted by Crippen LogP contribution is 2.28. The summed E-state index contributed by atoms with van der Waals surface area (Å²) in [5.74, 6) is -0.572. The van der Waals surface area contributed by atoms with Gasteiger partial charge in [0.2, 0.25) is 0 Å². The van der Waals surface area contributed by atoms with Gasteiger partial charge in [0.1, 0.15) is 5.82 Å². The largest absolute Gasteiger partial charge is 0.319 e. The van der Waals surface area contributed by atoms with Gasteiger partial charge in [-0.3, -0.25) is 9.48 Å². The van der Waals surface area contributed by atoms with Crippen LogP contribution in [-0.2, 0) is 18.4 Å². The number of nitrogens with zero attached hydrogens (tertiary/aromatic N) is 4. The second kappa shape index (κ2) is 8.81. The predicted octanol–water partition coefficient (Wildman–Crippen LogP) is 2.32. The average molecular weight is 422 g/mol. The van der Waals surface area contributed by atoms with Gasteiger partial charge in [0, 0.05) is 49.4 Å². The minimum Gasteiger partial charge on any atom is -0.319 e. The van der Waals surface area contributed by atoms with Crippen LogP contribution in [-0.4, -0.2) is 33.3 Å². The molecule has 0 aliphatic carbocycles. The second-order valence-electron chi connectivity index (χ2n) is 6.67. The maximum absolute atomic E-state index is 13.9. The first-order chi connectivity index (χ1) is 13.1. The van der Waals surface area contributed by atoms with E-state index >= 15 is 0 Å². The molecule has 1 aliphatic rings. The summed E-state index contributed by atoms with van der Waals surface area (Å²) < 4.78 is 17.5. The lowest BCUT2D eigenvalue weighted by molar-refractivity contribution is -0.121.